The molecule has 8 heteroatoms. The topological polar surface area (TPSA) is 107 Å². The second-order valence-electron chi connectivity index (χ2n) is 6.99. The number of amides is 1. The first-order chi connectivity index (χ1) is 15.1. The number of nitrogens with zero attached hydrogens (tertiary/aromatic N) is 4. The van der Waals surface area contributed by atoms with Crippen molar-refractivity contribution in [3.05, 3.63) is 78.8 Å². The maximum atomic E-state index is 11.4. The molecule has 1 amide bonds. The number of carbonyl (C=O) groups is 1. The molecule has 0 atom stereocenters. The van der Waals surface area contributed by atoms with Gasteiger partial charge in [0.25, 0.3) is 0 Å². The van der Waals surface area contributed by atoms with Crippen LogP contribution in [0.1, 0.15) is 5.69 Å². The van der Waals surface area contributed by atoms with E-state index in [1.165, 1.54) is 0 Å². The quantitative estimate of drug-likeness (QED) is 0.265. The molecule has 4 heterocycles. The summed E-state index contributed by atoms with van der Waals surface area (Å²) >= 11 is 0. The molecule has 31 heavy (non-hydrogen) atoms. The van der Waals surface area contributed by atoms with Crippen LogP contribution >= 0.6 is 0 Å². The van der Waals surface area contributed by atoms with Crippen LogP contribution in [0.5, 0.6) is 5.75 Å². The number of hydrazine groups is 1. The molecule has 0 radical (unpaired) electrons. The van der Waals surface area contributed by atoms with Gasteiger partial charge in [-0.3, -0.25) is 15.4 Å². The second kappa shape index (κ2) is 7.51. The molecule has 0 aliphatic carbocycles. The minimum absolute atomic E-state index is 0.348. The summed E-state index contributed by atoms with van der Waals surface area (Å²) in [5, 5.41) is 5.72. The van der Waals surface area contributed by atoms with Crippen molar-refractivity contribution in [2.45, 2.75) is 6.92 Å². The van der Waals surface area contributed by atoms with Crippen LogP contribution in [0.25, 0.3) is 38.9 Å². The highest BCUT2D eigenvalue weighted by Crippen LogP contribution is 2.38. The maximum absolute atomic E-state index is 11.4. The fourth-order valence-corrected chi connectivity index (χ4v) is 3.66. The monoisotopic (exact) mass is 410 g/mol. The van der Waals surface area contributed by atoms with E-state index in [2.05, 4.69) is 4.98 Å². The lowest BCUT2D eigenvalue weighted by molar-refractivity contribution is 0.201. The molecule has 0 spiro atoms. The first kappa shape index (κ1) is 18.7. The molecule has 152 valence electrons. The van der Waals surface area contributed by atoms with Crippen molar-refractivity contribution in [1.29, 1.82) is 0 Å². The molecule has 0 aliphatic heterocycles. The van der Waals surface area contributed by atoms with Gasteiger partial charge in [0.15, 0.2) is 0 Å². The lowest BCUT2D eigenvalue weighted by atomic mass is 9.98. The zero-order chi connectivity index (χ0) is 21.4. The highest BCUT2D eigenvalue weighted by molar-refractivity contribution is 6.03. The Bertz CT molecular complexity index is 1440. The summed E-state index contributed by atoms with van der Waals surface area (Å²) in [6.45, 7) is 1.96. The first-order valence-electron chi connectivity index (χ1n) is 9.63. The third kappa shape index (κ3) is 3.34. The standard InChI is InChI=1S/C23H18N6O2/c1-14-5-4-6-18(26-14)22-21(20-7-2-3-12-29(20)28-22)17-10-11-25-19-13-15(8-9-16(17)19)31-23(30)27-24/h2-13H,24H2,1H3,(H,27,30). The number of fused-ring (bicyclic) bond motifs is 2. The molecule has 0 saturated carbocycles. The van der Waals surface area contributed by atoms with E-state index in [-0.39, 0.29) is 0 Å². The van der Waals surface area contributed by atoms with Crippen LogP contribution in [0.4, 0.5) is 4.79 Å². The molecule has 4 aromatic heterocycles. The third-order valence-electron chi connectivity index (χ3n) is 4.98. The van der Waals surface area contributed by atoms with E-state index < -0.39 is 6.09 Å². The molecule has 0 saturated heterocycles. The van der Waals surface area contributed by atoms with Gasteiger partial charge >= 0.3 is 6.09 Å². The van der Waals surface area contributed by atoms with Crippen molar-refractivity contribution < 1.29 is 9.53 Å². The smallest absolute Gasteiger partial charge is 0.409 e. The minimum atomic E-state index is -0.744. The number of nitrogens with one attached hydrogen (secondary N) is 1. The average Bonchev–Trinajstić information content (AvgIpc) is 3.18. The van der Waals surface area contributed by atoms with E-state index in [1.807, 2.05) is 71.6 Å². The Morgan fingerprint density at radius 3 is 2.84 bits per heavy atom. The number of nitrogens with two attached hydrogens (primary N) is 1. The van der Waals surface area contributed by atoms with Crippen LogP contribution < -0.4 is 16.0 Å². The molecule has 3 N–H and O–H groups in total. The normalized spacial score (nSPS) is 11.0. The van der Waals surface area contributed by atoms with Gasteiger partial charge < -0.3 is 4.74 Å². The summed E-state index contributed by atoms with van der Waals surface area (Å²) in [6, 6.07) is 19.1. The number of ether oxygens (including phenoxy) is 1. The van der Waals surface area contributed by atoms with E-state index in [0.717, 1.165) is 39.1 Å². The number of rotatable bonds is 3. The van der Waals surface area contributed by atoms with Crippen LogP contribution in [0.3, 0.4) is 0 Å². The van der Waals surface area contributed by atoms with Crippen molar-refractivity contribution in [2.75, 3.05) is 0 Å². The molecule has 1 aromatic carbocycles. The molecule has 5 rings (SSSR count). The molecule has 5 aromatic rings. The summed E-state index contributed by atoms with van der Waals surface area (Å²) in [5.74, 6) is 5.45. The predicted octanol–water partition coefficient (Wildman–Crippen LogP) is 3.88. The molecule has 0 fully saturated rings. The van der Waals surface area contributed by atoms with E-state index in [0.29, 0.717) is 11.3 Å². The van der Waals surface area contributed by atoms with E-state index in [1.54, 1.807) is 18.3 Å². The predicted molar refractivity (Wildman–Crippen MR) is 117 cm³/mol. The SMILES string of the molecule is Cc1cccc(-c2nn3ccccc3c2-c2ccnc3cc(OC(=O)NN)ccc23)n1. The van der Waals surface area contributed by atoms with Gasteiger partial charge in [-0.05, 0) is 55.0 Å². The van der Waals surface area contributed by atoms with Crippen LogP contribution in [-0.2, 0) is 0 Å². The van der Waals surface area contributed by atoms with E-state index >= 15 is 0 Å². The molecule has 0 bridgehead atoms. The first-order valence-corrected chi connectivity index (χ1v) is 9.63. The van der Waals surface area contributed by atoms with E-state index in [4.69, 9.17) is 20.7 Å². The molecular weight excluding hydrogens is 392 g/mol. The van der Waals surface area contributed by atoms with Gasteiger partial charge in [-0.25, -0.2) is 15.2 Å². The number of aromatic nitrogens is 4. The van der Waals surface area contributed by atoms with Crippen LogP contribution in [0.2, 0.25) is 0 Å². The number of aryl methyl sites for hydroxylation is 1. The fourth-order valence-electron chi connectivity index (χ4n) is 3.66. The van der Waals surface area contributed by atoms with Crippen LogP contribution in [-0.4, -0.2) is 25.7 Å². The van der Waals surface area contributed by atoms with Crippen LogP contribution in [0.15, 0.2) is 73.1 Å². The lowest BCUT2D eigenvalue weighted by Crippen LogP contribution is -2.32. The number of hydrogen-bond acceptors (Lipinski definition) is 6. The van der Waals surface area contributed by atoms with Crippen molar-refractivity contribution in [3.63, 3.8) is 0 Å². The van der Waals surface area contributed by atoms with Crippen molar-refractivity contribution in [3.8, 4) is 28.3 Å². The van der Waals surface area contributed by atoms with Gasteiger partial charge in [-0.15, -0.1) is 0 Å². The summed E-state index contributed by atoms with van der Waals surface area (Å²) in [7, 11) is 0. The Morgan fingerprint density at radius 1 is 1.10 bits per heavy atom. The number of benzene rings is 1. The molecule has 0 aliphatic rings. The zero-order valence-corrected chi connectivity index (χ0v) is 16.6. The third-order valence-corrected chi connectivity index (χ3v) is 4.98. The van der Waals surface area contributed by atoms with Gasteiger partial charge in [0, 0.05) is 35.1 Å². The van der Waals surface area contributed by atoms with Gasteiger partial charge in [-0.2, -0.15) is 5.10 Å². The second-order valence-corrected chi connectivity index (χ2v) is 6.99. The van der Waals surface area contributed by atoms with Crippen molar-refractivity contribution >= 4 is 22.5 Å². The summed E-state index contributed by atoms with van der Waals surface area (Å²) < 4.78 is 6.99. The Hall–Kier alpha value is -4.30. The van der Waals surface area contributed by atoms with Gasteiger partial charge in [0.1, 0.15) is 11.4 Å². The average molecular weight is 410 g/mol. The van der Waals surface area contributed by atoms with Gasteiger partial charge in [-0.1, -0.05) is 12.1 Å². The Labute approximate surface area is 177 Å². The highest BCUT2D eigenvalue weighted by atomic mass is 16.6. The fraction of sp³-hybridized carbons (Fsp3) is 0.0435. The molecule has 0 unspecified atom stereocenters. The Morgan fingerprint density at radius 2 is 2.00 bits per heavy atom. The Balaban J connectivity index is 1.76. The van der Waals surface area contributed by atoms with Crippen molar-refractivity contribution in [1.82, 2.24) is 25.0 Å². The van der Waals surface area contributed by atoms with Gasteiger partial charge in [0.05, 0.1) is 16.7 Å². The highest BCUT2D eigenvalue weighted by Gasteiger charge is 2.19. The molecule has 8 nitrogen and oxygen atoms in total. The number of carbonyl (C=O) groups excluding carboxylic acids is 1. The van der Waals surface area contributed by atoms with Crippen LogP contribution in [0, 0.1) is 6.92 Å². The molecular formula is C23H18N6O2. The lowest BCUT2D eigenvalue weighted by Gasteiger charge is -2.09. The summed E-state index contributed by atoms with van der Waals surface area (Å²) in [4.78, 5) is 20.6. The largest absolute Gasteiger partial charge is 0.426 e. The van der Waals surface area contributed by atoms with Crippen molar-refractivity contribution in [2.24, 2.45) is 5.84 Å². The summed E-state index contributed by atoms with van der Waals surface area (Å²) in [6.07, 6.45) is 2.90. The number of pyridine rings is 3. The Kier molecular flexibility index (Phi) is 4.53. The maximum Gasteiger partial charge on any atom is 0.426 e. The summed E-state index contributed by atoms with van der Waals surface area (Å²) in [5.41, 5.74) is 7.99. The number of hydrogen-bond donors (Lipinski definition) is 2. The minimum Gasteiger partial charge on any atom is -0.409 e. The zero-order valence-electron chi connectivity index (χ0n) is 16.6. The van der Waals surface area contributed by atoms with Gasteiger partial charge in [0.2, 0.25) is 0 Å². The van der Waals surface area contributed by atoms with E-state index in [9.17, 15) is 4.79 Å².